The van der Waals surface area contributed by atoms with Gasteiger partial charge in [-0.25, -0.2) is 0 Å². The van der Waals surface area contributed by atoms with Crippen LogP contribution in [0.15, 0.2) is 28.7 Å². The second-order valence-corrected chi connectivity index (χ2v) is 6.02. The van der Waals surface area contributed by atoms with Crippen molar-refractivity contribution in [3.63, 3.8) is 0 Å². The van der Waals surface area contributed by atoms with E-state index in [1.165, 1.54) is 42.6 Å². The molecular formula is C15H23BrN2. The number of hydrogen-bond donors (Lipinski definition) is 0. The molecule has 1 aliphatic rings. The minimum atomic E-state index is 0.732. The summed E-state index contributed by atoms with van der Waals surface area (Å²) in [6, 6.07) is 9.27. The smallest absolute Gasteiger partial charge is 0.0246 e. The van der Waals surface area contributed by atoms with Crippen molar-refractivity contribution in [2.45, 2.75) is 32.9 Å². The van der Waals surface area contributed by atoms with Crippen molar-refractivity contribution >= 4 is 15.9 Å². The lowest BCUT2D eigenvalue weighted by atomic mass is 10.1. The molecule has 0 bridgehead atoms. The Balaban J connectivity index is 1.86. The van der Waals surface area contributed by atoms with Crippen LogP contribution in [0.25, 0.3) is 0 Å². The first-order valence-corrected chi connectivity index (χ1v) is 7.69. The van der Waals surface area contributed by atoms with Gasteiger partial charge in [0.25, 0.3) is 0 Å². The van der Waals surface area contributed by atoms with Crippen LogP contribution in [0.1, 0.15) is 25.8 Å². The van der Waals surface area contributed by atoms with Gasteiger partial charge in [0.15, 0.2) is 0 Å². The molecule has 0 spiro atoms. The highest BCUT2D eigenvalue weighted by Crippen LogP contribution is 2.19. The molecule has 0 amide bonds. The molecule has 2 rings (SSSR count). The first-order valence-electron chi connectivity index (χ1n) is 6.90. The van der Waals surface area contributed by atoms with Crippen molar-refractivity contribution < 1.29 is 0 Å². The Labute approximate surface area is 119 Å². The molecule has 1 aromatic carbocycles. The van der Waals surface area contributed by atoms with Gasteiger partial charge in [-0.3, -0.25) is 9.80 Å². The average Bonchev–Trinajstić information content (AvgIpc) is 2.41. The predicted molar refractivity (Wildman–Crippen MR) is 80.7 cm³/mol. The fraction of sp³-hybridized carbons (Fsp3) is 0.600. The molecule has 1 aromatic rings. The third-order valence-corrected chi connectivity index (χ3v) is 4.75. The topological polar surface area (TPSA) is 6.48 Å². The van der Waals surface area contributed by atoms with Crippen LogP contribution in [0.2, 0.25) is 0 Å². The number of rotatable bonds is 4. The Morgan fingerprint density at radius 3 is 2.44 bits per heavy atom. The zero-order valence-corrected chi connectivity index (χ0v) is 13.0. The summed E-state index contributed by atoms with van der Waals surface area (Å²) < 4.78 is 1.23. The summed E-state index contributed by atoms with van der Waals surface area (Å²) in [5.74, 6) is 0. The second-order valence-electron chi connectivity index (χ2n) is 5.16. The third-order valence-electron chi connectivity index (χ3n) is 3.97. The Morgan fingerprint density at radius 2 is 1.83 bits per heavy atom. The van der Waals surface area contributed by atoms with Gasteiger partial charge in [-0.05, 0) is 25.0 Å². The van der Waals surface area contributed by atoms with Crippen molar-refractivity contribution in [3.05, 3.63) is 34.3 Å². The van der Waals surface area contributed by atoms with Crippen LogP contribution in [0, 0.1) is 0 Å². The fourth-order valence-corrected chi connectivity index (χ4v) is 2.90. The number of benzene rings is 1. The molecule has 0 saturated carbocycles. The number of piperazine rings is 1. The van der Waals surface area contributed by atoms with E-state index in [1.54, 1.807) is 0 Å². The van der Waals surface area contributed by atoms with E-state index in [-0.39, 0.29) is 0 Å². The van der Waals surface area contributed by atoms with Crippen molar-refractivity contribution in [1.82, 2.24) is 9.80 Å². The molecule has 1 atom stereocenters. The van der Waals surface area contributed by atoms with Gasteiger partial charge in [-0.2, -0.15) is 0 Å². The highest BCUT2D eigenvalue weighted by Gasteiger charge is 2.20. The molecule has 0 aromatic heterocycles. The van der Waals surface area contributed by atoms with Gasteiger partial charge in [-0.15, -0.1) is 0 Å². The van der Waals surface area contributed by atoms with E-state index in [1.807, 2.05) is 0 Å². The molecule has 0 radical (unpaired) electrons. The molecule has 1 heterocycles. The molecule has 0 unspecified atom stereocenters. The zero-order chi connectivity index (χ0) is 13.0. The van der Waals surface area contributed by atoms with Crippen molar-refractivity contribution in [1.29, 1.82) is 0 Å². The van der Waals surface area contributed by atoms with Crippen LogP contribution in [-0.4, -0.2) is 42.0 Å². The Morgan fingerprint density at radius 1 is 1.17 bits per heavy atom. The second kappa shape index (κ2) is 6.69. The molecule has 1 aliphatic heterocycles. The van der Waals surface area contributed by atoms with Crippen molar-refractivity contribution in [3.8, 4) is 0 Å². The van der Waals surface area contributed by atoms with Crippen LogP contribution in [0.5, 0.6) is 0 Å². The van der Waals surface area contributed by atoms with Gasteiger partial charge in [0.1, 0.15) is 0 Å². The maximum atomic E-state index is 3.63. The van der Waals surface area contributed by atoms with E-state index in [0.29, 0.717) is 0 Å². The third kappa shape index (κ3) is 3.56. The van der Waals surface area contributed by atoms with Crippen LogP contribution >= 0.6 is 15.9 Å². The minimum Gasteiger partial charge on any atom is -0.298 e. The first-order chi connectivity index (χ1) is 8.70. The molecule has 2 nitrogen and oxygen atoms in total. The first kappa shape index (κ1) is 14.0. The van der Waals surface area contributed by atoms with Crippen LogP contribution in [0.3, 0.4) is 0 Å². The normalized spacial score (nSPS) is 19.9. The maximum absolute atomic E-state index is 3.63. The van der Waals surface area contributed by atoms with Crippen LogP contribution in [-0.2, 0) is 6.54 Å². The van der Waals surface area contributed by atoms with Gasteiger partial charge in [-0.1, -0.05) is 41.1 Å². The number of hydrogen-bond acceptors (Lipinski definition) is 2. The van der Waals surface area contributed by atoms with E-state index < -0.39 is 0 Å². The molecule has 18 heavy (non-hydrogen) atoms. The van der Waals surface area contributed by atoms with Crippen LogP contribution in [0.4, 0.5) is 0 Å². The van der Waals surface area contributed by atoms with Gasteiger partial charge in [0.2, 0.25) is 0 Å². The quantitative estimate of drug-likeness (QED) is 0.841. The lowest BCUT2D eigenvalue weighted by molar-refractivity contribution is 0.0962. The monoisotopic (exact) mass is 310 g/mol. The summed E-state index contributed by atoms with van der Waals surface area (Å²) in [6.07, 6.45) is 1.25. The molecule has 100 valence electrons. The van der Waals surface area contributed by atoms with E-state index in [2.05, 4.69) is 63.8 Å². The Kier molecular flexibility index (Phi) is 5.22. The standard InChI is InChI=1S/C15H23BrN2/c1-3-13(2)18-10-8-17(9-11-18)12-14-6-4-5-7-15(14)16/h4-7,13H,3,8-12H2,1-2H3/t13-/m0/s1. The van der Waals surface area contributed by atoms with E-state index in [4.69, 9.17) is 0 Å². The van der Waals surface area contributed by atoms with Gasteiger partial charge >= 0.3 is 0 Å². The highest BCUT2D eigenvalue weighted by atomic mass is 79.9. The Bertz CT molecular complexity index is 373. The molecule has 3 heteroatoms. The molecular weight excluding hydrogens is 288 g/mol. The summed E-state index contributed by atoms with van der Waals surface area (Å²) in [5.41, 5.74) is 1.40. The molecule has 0 aliphatic carbocycles. The van der Waals surface area contributed by atoms with Crippen molar-refractivity contribution in [2.75, 3.05) is 26.2 Å². The lowest BCUT2D eigenvalue weighted by Crippen LogP contribution is -2.49. The van der Waals surface area contributed by atoms with E-state index in [0.717, 1.165) is 12.6 Å². The predicted octanol–water partition coefficient (Wildman–Crippen LogP) is 3.37. The summed E-state index contributed by atoms with van der Waals surface area (Å²) in [4.78, 5) is 5.16. The van der Waals surface area contributed by atoms with Gasteiger partial charge in [0, 0.05) is 43.2 Å². The number of halogens is 1. The zero-order valence-electron chi connectivity index (χ0n) is 11.4. The fourth-order valence-electron chi connectivity index (χ4n) is 2.49. The minimum absolute atomic E-state index is 0.732. The largest absolute Gasteiger partial charge is 0.298 e. The summed E-state index contributed by atoms with van der Waals surface area (Å²) in [5, 5.41) is 0. The molecule has 0 N–H and O–H groups in total. The summed E-state index contributed by atoms with van der Waals surface area (Å²) >= 11 is 3.63. The van der Waals surface area contributed by atoms with E-state index >= 15 is 0 Å². The van der Waals surface area contributed by atoms with E-state index in [9.17, 15) is 0 Å². The Hall–Kier alpha value is -0.380. The highest BCUT2D eigenvalue weighted by molar-refractivity contribution is 9.10. The van der Waals surface area contributed by atoms with Crippen molar-refractivity contribution in [2.24, 2.45) is 0 Å². The SMILES string of the molecule is CC[C@H](C)N1CCN(Cc2ccccc2Br)CC1. The number of nitrogens with zero attached hydrogens (tertiary/aromatic N) is 2. The molecule has 1 fully saturated rings. The average molecular weight is 311 g/mol. The summed E-state index contributed by atoms with van der Waals surface area (Å²) in [7, 11) is 0. The lowest BCUT2D eigenvalue weighted by Gasteiger charge is -2.38. The van der Waals surface area contributed by atoms with Crippen LogP contribution < -0.4 is 0 Å². The maximum Gasteiger partial charge on any atom is 0.0246 e. The molecule has 1 saturated heterocycles. The summed E-state index contributed by atoms with van der Waals surface area (Å²) in [6.45, 7) is 10.5. The van der Waals surface area contributed by atoms with Gasteiger partial charge < -0.3 is 0 Å². The van der Waals surface area contributed by atoms with Gasteiger partial charge in [0.05, 0.1) is 0 Å².